The maximum atomic E-state index is 12.9. The molecule has 0 saturated heterocycles. The zero-order chi connectivity index (χ0) is 18.1. The van der Waals surface area contributed by atoms with Gasteiger partial charge in [-0.3, -0.25) is 4.79 Å². The first-order valence-corrected chi connectivity index (χ1v) is 8.58. The zero-order valence-corrected chi connectivity index (χ0v) is 14.9. The van der Waals surface area contributed by atoms with E-state index in [9.17, 15) is 9.59 Å². The molecule has 0 atom stereocenters. The van der Waals surface area contributed by atoms with Gasteiger partial charge in [0.05, 0.1) is 6.61 Å². The number of rotatable bonds is 4. The van der Waals surface area contributed by atoms with Crippen molar-refractivity contribution in [3.05, 3.63) is 51.5 Å². The average molecular weight is 355 g/mol. The fourth-order valence-electron chi connectivity index (χ4n) is 2.43. The Labute approximate surface area is 148 Å². The van der Waals surface area contributed by atoms with E-state index in [-0.39, 0.29) is 24.0 Å². The van der Waals surface area contributed by atoms with Crippen molar-refractivity contribution in [2.45, 2.75) is 20.8 Å². The molecule has 1 aromatic carbocycles. The van der Waals surface area contributed by atoms with E-state index in [2.05, 4.69) is 9.97 Å². The van der Waals surface area contributed by atoms with Gasteiger partial charge in [-0.25, -0.2) is 14.8 Å². The van der Waals surface area contributed by atoms with Crippen LogP contribution in [0.1, 0.15) is 43.8 Å². The molecule has 25 heavy (non-hydrogen) atoms. The van der Waals surface area contributed by atoms with E-state index in [1.807, 2.05) is 26.0 Å². The van der Waals surface area contributed by atoms with E-state index < -0.39 is 5.97 Å². The maximum absolute atomic E-state index is 12.9. The summed E-state index contributed by atoms with van der Waals surface area (Å²) in [5.74, 6) is -0.707. The number of fused-ring (bicyclic) bond motifs is 1. The normalized spacial score (nSPS) is 10.8. The van der Waals surface area contributed by atoms with E-state index in [4.69, 9.17) is 10.5 Å². The predicted octanol–water partition coefficient (Wildman–Crippen LogP) is 3.30. The minimum atomic E-state index is -0.450. The third-order valence-electron chi connectivity index (χ3n) is 3.87. The summed E-state index contributed by atoms with van der Waals surface area (Å²) in [4.78, 5) is 34.0. The lowest BCUT2D eigenvalue weighted by Gasteiger charge is -2.06. The lowest BCUT2D eigenvalue weighted by molar-refractivity contribution is 0.0532. The SMILES string of the molecule is CCOC(=O)c1cc2c(C(=O)c3ccc(C)c(C)c3)nc(N)nc2s1. The second kappa shape index (κ2) is 6.60. The number of aromatic nitrogens is 2. The second-order valence-electron chi connectivity index (χ2n) is 5.61. The Morgan fingerprint density at radius 3 is 2.60 bits per heavy atom. The van der Waals surface area contributed by atoms with Crippen molar-refractivity contribution in [1.29, 1.82) is 0 Å². The molecule has 0 aliphatic rings. The second-order valence-corrected chi connectivity index (χ2v) is 6.64. The van der Waals surface area contributed by atoms with Crippen LogP contribution in [0.4, 0.5) is 5.95 Å². The monoisotopic (exact) mass is 355 g/mol. The standard InChI is InChI=1S/C18H17N3O3S/c1-4-24-17(23)13-8-12-14(20-18(19)21-16(12)25-13)15(22)11-6-5-9(2)10(3)7-11/h5-8H,4H2,1-3H3,(H2,19,20,21). The van der Waals surface area contributed by atoms with Crippen LogP contribution in [0.15, 0.2) is 24.3 Å². The van der Waals surface area contributed by atoms with Gasteiger partial charge in [0.25, 0.3) is 0 Å². The molecule has 0 spiro atoms. The molecule has 0 saturated carbocycles. The lowest BCUT2D eigenvalue weighted by Crippen LogP contribution is -2.08. The highest BCUT2D eigenvalue weighted by Gasteiger charge is 2.21. The summed E-state index contributed by atoms with van der Waals surface area (Å²) in [5, 5.41) is 0.505. The average Bonchev–Trinajstić information content (AvgIpc) is 3.00. The van der Waals surface area contributed by atoms with Crippen LogP contribution >= 0.6 is 11.3 Å². The number of esters is 1. The van der Waals surface area contributed by atoms with Gasteiger partial charge in [0.15, 0.2) is 0 Å². The summed E-state index contributed by atoms with van der Waals surface area (Å²) in [5.41, 5.74) is 8.58. The van der Waals surface area contributed by atoms with Crippen LogP contribution in [0.3, 0.4) is 0 Å². The van der Waals surface area contributed by atoms with Gasteiger partial charge in [-0.1, -0.05) is 12.1 Å². The smallest absolute Gasteiger partial charge is 0.348 e. The Bertz CT molecular complexity index is 995. The van der Waals surface area contributed by atoms with Gasteiger partial charge in [-0.05, 0) is 44.0 Å². The molecule has 3 aromatic rings. The quantitative estimate of drug-likeness (QED) is 0.570. The number of carbonyl (C=O) groups excluding carboxylic acids is 2. The molecule has 3 rings (SSSR count). The number of nitrogens with two attached hydrogens (primary N) is 1. The van der Waals surface area contributed by atoms with Crippen molar-refractivity contribution in [3.63, 3.8) is 0 Å². The van der Waals surface area contributed by atoms with E-state index in [0.29, 0.717) is 20.7 Å². The Balaban J connectivity index is 2.12. The first kappa shape index (κ1) is 17.0. The molecule has 2 aromatic heterocycles. The number of anilines is 1. The fraction of sp³-hybridized carbons (Fsp3) is 0.222. The Hall–Kier alpha value is -2.80. The number of carbonyl (C=O) groups is 2. The number of aryl methyl sites for hydroxylation is 2. The van der Waals surface area contributed by atoms with Crippen LogP contribution in [-0.2, 0) is 4.74 Å². The molecule has 0 bridgehead atoms. The van der Waals surface area contributed by atoms with Gasteiger partial charge < -0.3 is 10.5 Å². The number of nitrogens with zero attached hydrogens (tertiary/aromatic N) is 2. The van der Waals surface area contributed by atoms with Gasteiger partial charge in [0.2, 0.25) is 11.7 Å². The van der Waals surface area contributed by atoms with Crippen LogP contribution < -0.4 is 5.73 Å². The van der Waals surface area contributed by atoms with E-state index in [1.165, 1.54) is 0 Å². The topological polar surface area (TPSA) is 95.2 Å². The fourth-order valence-corrected chi connectivity index (χ4v) is 3.37. The van der Waals surface area contributed by atoms with E-state index in [0.717, 1.165) is 22.5 Å². The van der Waals surface area contributed by atoms with Crippen LogP contribution in [0.2, 0.25) is 0 Å². The van der Waals surface area contributed by atoms with Gasteiger partial charge in [0.1, 0.15) is 15.4 Å². The molecule has 0 amide bonds. The van der Waals surface area contributed by atoms with Gasteiger partial charge in [-0.2, -0.15) is 0 Å². The van der Waals surface area contributed by atoms with Crippen molar-refractivity contribution in [1.82, 2.24) is 9.97 Å². The van der Waals surface area contributed by atoms with Crippen LogP contribution in [-0.4, -0.2) is 28.3 Å². The first-order valence-electron chi connectivity index (χ1n) is 7.76. The van der Waals surface area contributed by atoms with Crippen molar-refractivity contribution in [3.8, 4) is 0 Å². The number of hydrogen-bond acceptors (Lipinski definition) is 7. The third-order valence-corrected chi connectivity index (χ3v) is 4.88. The van der Waals surface area contributed by atoms with Gasteiger partial charge >= 0.3 is 5.97 Å². The number of ether oxygens (including phenoxy) is 1. The summed E-state index contributed by atoms with van der Waals surface area (Å²) in [6, 6.07) is 7.06. The van der Waals surface area contributed by atoms with Crippen LogP contribution in [0.25, 0.3) is 10.2 Å². The van der Waals surface area contributed by atoms with E-state index >= 15 is 0 Å². The maximum Gasteiger partial charge on any atom is 0.348 e. The van der Waals surface area contributed by atoms with Crippen LogP contribution in [0, 0.1) is 13.8 Å². The van der Waals surface area contributed by atoms with E-state index in [1.54, 1.807) is 19.1 Å². The van der Waals surface area contributed by atoms with Crippen molar-refractivity contribution in [2.75, 3.05) is 12.3 Å². The molecule has 0 unspecified atom stereocenters. The number of ketones is 1. The molecule has 2 heterocycles. The molecule has 0 aliphatic heterocycles. The van der Waals surface area contributed by atoms with Gasteiger partial charge in [-0.15, -0.1) is 11.3 Å². The summed E-state index contributed by atoms with van der Waals surface area (Å²) >= 11 is 1.13. The molecule has 128 valence electrons. The molecular weight excluding hydrogens is 338 g/mol. The molecule has 0 aliphatic carbocycles. The summed E-state index contributed by atoms with van der Waals surface area (Å²) < 4.78 is 5.01. The summed E-state index contributed by atoms with van der Waals surface area (Å²) in [6.07, 6.45) is 0. The molecule has 7 heteroatoms. The van der Waals surface area contributed by atoms with Gasteiger partial charge in [0, 0.05) is 10.9 Å². The molecular formula is C18H17N3O3S. The number of thiophene rings is 1. The number of hydrogen-bond donors (Lipinski definition) is 1. The number of benzene rings is 1. The Morgan fingerprint density at radius 2 is 1.92 bits per heavy atom. The predicted molar refractivity (Wildman–Crippen MR) is 97.1 cm³/mol. The minimum absolute atomic E-state index is 0.00283. The highest BCUT2D eigenvalue weighted by molar-refractivity contribution is 7.20. The molecule has 0 fully saturated rings. The largest absolute Gasteiger partial charge is 0.462 e. The molecule has 6 nitrogen and oxygen atoms in total. The molecule has 0 radical (unpaired) electrons. The Kier molecular flexibility index (Phi) is 4.50. The van der Waals surface area contributed by atoms with Crippen molar-refractivity contribution < 1.29 is 14.3 Å². The Morgan fingerprint density at radius 1 is 1.16 bits per heavy atom. The highest BCUT2D eigenvalue weighted by Crippen LogP contribution is 2.29. The summed E-state index contributed by atoms with van der Waals surface area (Å²) in [6.45, 7) is 5.93. The first-order chi connectivity index (χ1) is 11.9. The van der Waals surface area contributed by atoms with Crippen molar-refractivity contribution in [2.24, 2.45) is 0 Å². The highest BCUT2D eigenvalue weighted by atomic mass is 32.1. The van der Waals surface area contributed by atoms with Crippen molar-refractivity contribution >= 4 is 39.3 Å². The third kappa shape index (κ3) is 3.23. The summed E-state index contributed by atoms with van der Waals surface area (Å²) in [7, 11) is 0. The lowest BCUT2D eigenvalue weighted by atomic mass is 10.0. The number of nitrogen functional groups attached to an aromatic ring is 1. The zero-order valence-electron chi connectivity index (χ0n) is 14.1. The minimum Gasteiger partial charge on any atom is -0.462 e. The molecule has 2 N–H and O–H groups in total. The van der Waals surface area contributed by atoms with Crippen LogP contribution in [0.5, 0.6) is 0 Å².